The molecule has 0 aromatic heterocycles. The van der Waals surface area contributed by atoms with E-state index in [4.69, 9.17) is 10.5 Å². The summed E-state index contributed by atoms with van der Waals surface area (Å²) in [6, 6.07) is 3.57. The normalized spacial score (nSPS) is 13.5. The summed E-state index contributed by atoms with van der Waals surface area (Å²) < 4.78 is 43.5. The van der Waals surface area contributed by atoms with Crippen LogP contribution in [0.25, 0.3) is 0 Å². The molecular formula is C12H16F3NO. The molecule has 0 radical (unpaired) electrons. The van der Waals surface area contributed by atoms with Crippen LogP contribution in [0, 0.1) is 0 Å². The van der Waals surface area contributed by atoms with Crippen LogP contribution in [0.4, 0.5) is 18.9 Å². The van der Waals surface area contributed by atoms with Gasteiger partial charge in [-0.15, -0.1) is 0 Å². The molecule has 0 aliphatic heterocycles. The molecule has 1 aromatic rings. The minimum atomic E-state index is -4.45. The molecule has 0 aliphatic rings. The van der Waals surface area contributed by atoms with Crippen LogP contribution in [0.2, 0.25) is 0 Å². The van der Waals surface area contributed by atoms with Crippen molar-refractivity contribution in [3.63, 3.8) is 0 Å². The van der Waals surface area contributed by atoms with Crippen molar-refractivity contribution in [3.05, 3.63) is 23.8 Å². The molecule has 1 aromatic carbocycles. The summed E-state index contributed by atoms with van der Waals surface area (Å²) in [6.45, 7) is 3.70. The Morgan fingerprint density at radius 3 is 2.53 bits per heavy atom. The first-order chi connectivity index (χ1) is 7.84. The number of hydrogen-bond acceptors (Lipinski definition) is 2. The van der Waals surface area contributed by atoms with Crippen molar-refractivity contribution in [1.29, 1.82) is 0 Å². The molecule has 0 amide bonds. The van der Waals surface area contributed by atoms with Gasteiger partial charge in [0, 0.05) is 5.69 Å². The summed E-state index contributed by atoms with van der Waals surface area (Å²) in [5, 5.41) is 0. The van der Waals surface area contributed by atoms with Gasteiger partial charge >= 0.3 is 6.18 Å². The van der Waals surface area contributed by atoms with Crippen LogP contribution in [0.3, 0.4) is 0 Å². The van der Waals surface area contributed by atoms with Gasteiger partial charge in [0.2, 0.25) is 0 Å². The third kappa shape index (κ3) is 3.84. The molecule has 0 fully saturated rings. The molecule has 0 saturated heterocycles. The number of nitrogen functional groups attached to an aromatic ring is 1. The van der Waals surface area contributed by atoms with E-state index in [1.807, 2.05) is 6.92 Å². The second kappa shape index (κ2) is 5.29. The smallest absolute Gasteiger partial charge is 0.420 e. The van der Waals surface area contributed by atoms with E-state index in [0.29, 0.717) is 6.42 Å². The van der Waals surface area contributed by atoms with Gasteiger partial charge in [-0.3, -0.25) is 0 Å². The molecule has 5 heteroatoms. The maximum absolute atomic E-state index is 12.7. The number of halogens is 3. The van der Waals surface area contributed by atoms with Gasteiger partial charge < -0.3 is 10.5 Å². The molecular weight excluding hydrogens is 231 g/mol. The SMILES string of the molecule is CCCC(C)Oc1ccc(N)cc1C(F)(F)F. The third-order valence-electron chi connectivity index (χ3n) is 2.33. The van der Waals surface area contributed by atoms with Crippen molar-refractivity contribution in [2.24, 2.45) is 0 Å². The number of benzene rings is 1. The van der Waals surface area contributed by atoms with Gasteiger partial charge in [-0.2, -0.15) is 13.2 Å². The van der Waals surface area contributed by atoms with E-state index >= 15 is 0 Å². The number of anilines is 1. The lowest BCUT2D eigenvalue weighted by molar-refractivity contribution is -0.139. The molecule has 2 nitrogen and oxygen atoms in total. The Kier molecular flexibility index (Phi) is 4.26. The van der Waals surface area contributed by atoms with Crippen LogP contribution in [0.1, 0.15) is 32.3 Å². The first-order valence-electron chi connectivity index (χ1n) is 5.48. The van der Waals surface area contributed by atoms with Gasteiger partial charge in [0.15, 0.2) is 0 Å². The fraction of sp³-hybridized carbons (Fsp3) is 0.500. The number of ether oxygens (including phenoxy) is 1. The second-order valence-corrected chi connectivity index (χ2v) is 3.97. The van der Waals surface area contributed by atoms with Crippen LogP contribution in [-0.4, -0.2) is 6.10 Å². The van der Waals surface area contributed by atoms with Crippen molar-refractivity contribution < 1.29 is 17.9 Å². The van der Waals surface area contributed by atoms with Crippen LogP contribution in [0.15, 0.2) is 18.2 Å². The second-order valence-electron chi connectivity index (χ2n) is 3.97. The number of rotatable bonds is 4. The molecule has 0 heterocycles. The zero-order chi connectivity index (χ0) is 13.1. The van der Waals surface area contributed by atoms with E-state index in [1.54, 1.807) is 6.92 Å². The molecule has 1 unspecified atom stereocenters. The van der Waals surface area contributed by atoms with E-state index < -0.39 is 11.7 Å². The van der Waals surface area contributed by atoms with E-state index in [0.717, 1.165) is 12.5 Å². The molecule has 0 bridgehead atoms. The summed E-state index contributed by atoms with van der Waals surface area (Å²) >= 11 is 0. The Bertz CT molecular complexity index is 377. The maximum Gasteiger partial charge on any atom is 0.420 e. The summed E-state index contributed by atoms with van der Waals surface area (Å²) in [5.74, 6) is -0.160. The van der Waals surface area contributed by atoms with E-state index in [1.165, 1.54) is 12.1 Å². The van der Waals surface area contributed by atoms with Gasteiger partial charge in [-0.25, -0.2) is 0 Å². The molecule has 1 rings (SSSR count). The highest BCUT2D eigenvalue weighted by Crippen LogP contribution is 2.37. The molecule has 0 saturated carbocycles. The zero-order valence-electron chi connectivity index (χ0n) is 9.84. The minimum Gasteiger partial charge on any atom is -0.490 e. The molecule has 2 N–H and O–H groups in total. The Hall–Kier alpha value is -1.39. The summed E-state index contributed by atoms with van der Waals surface area (Å²) in [6.07, 6.45) is -3.12. The molecule has 17 heavy (non-hydrogen) atoms. The average molecular weight is 247 g/mol. The quantitative estimate of drug-likeness (QED) is 0.820. The lowest BCUT2D eigenvalue weighted by Crippen LogP contribution is -2.15. The number of alkyl halides is 3. The number of hydrogen-bond donors (Lipinski definition) is 1. The lowest BCUT2D eigenvalue weighted by atomic mass is 10.1. The zero-order valence-corrected chi connectivity index (χ0v) is 9.84. The van der Waals surface area contributed by atoms with Gasteiger partial charge in [-0.05, 0) is 31.5 Å². The fourth-order valence-electron chi connectivity index (χ4n) is 1.55. The van der Waals surface area contributed by atoms with Crippen LogP contribution < -0.4 is 10.5 Å². The van der Waals surface area contributed by atoms with Gasteiger partial charge in [0.25, 0.3) is 0 Å². The van der Waals surface area contributed by atoms with Crippen LogP contribution in [-0.2, 0) is 6.18 Å². The van der Waals surface area contributed by atoms with E-state index in [2.05, 4.69) is 0 Å². The minimum absolute atomic E-state index is 0.0767. The molecule has 0 spiro atoms. The predicted molar refractivity (Wildman–Crippen MR) is 60.9 cm³/mol. The highest BCUT2D eigenvalue weighted by Gasteiger charge is 2.34. The maximum atomic E-state index is 12.7. The predicted octanol–water partition coefficient (Wildman–Crippen LogP) is 3.86. The summed E-state index contributed by atoms with van der Waals surface area (Å²) in [7, 11) is 0. The first kappa shape index (κ1) is 13.7. The van der Waals surface area contributed by atoms with Crippen LogP contribution >= 0.6 is 0 Å². The van der Waals surface area contributed by atoms with E-state index in [-0.39, 0.29) is 17.5 Å². The monoisotopic (exact) mass is 247 g/mol. The molecule has 0 aliphatic carbocycles. The number of nitrogens with two attached hydrogens (primary N) is 1. The topological polar surface area (TPSA) is 35.2 Å². The largest absolute Gasteiger partial charge is 0.490 e. The van der Waals surface area contributed by atoms with Crippen molar-refractivity contribution in [2.75, 3.05) is 5.73 Å². The van der Waals surface area contributed by atoms with Crippen LogP contribution in [0.5, 0.6) is 5.75 Å². The Labute approximate surface area is 98.6 Å². The van der Waals surface area contributed by atoms with E-state index in [9.17, 15) is 13.2 Å². The third-order valence-corrected chi connectivity index (χ3v) is 2.33. The highest BCUT2D eigenvalue weighted by molar-refractivity contribution is 5.49. The fourth-order valence-corrected chi connectivity index (χ4v) is 1.55. The van der Waals surface area contributed by atoms with Crippen molar-refractivity contribution >= 4 is 5.69 Å². The highest BCUT2D eigenvalue weighted by atomic mass is 19.4. The lowest BCUT2D eigenvalue weighted by Gasteiger charge is -2.18. The summed E-state index contributed by atoms with van der Waals surface area (Å²) in [4.78, 5) is 0. The first-order valence-corrected chi connectivity index (χ1v) is 5.48. The van der Waals surface area contributed by atoms with Gasteiger partial charge in [0.1, 0.15) is 5.75 Å². The van der Waals surface area contributed by atoms with Crippen molar-refractivity contribution in [3.8, 4) is 5.75 Å². The standard InChI is InChI=1S/C12H16F3NO/c1-3-4-8(2)17-11-6-5-9(16)7-10(11)12(13,14)15/h5-8H,3-4,16H2,1-2H3. The van der Waals surface area contributed by atoms with Gasteiger partial charge in [0.05, 0.1) is 11.7 Å². The van der Waals surface area contributed by atoms with Crippen molar-refractivity contribution in [2.45, 2.75) is 39.0 Å². The molecule has 1 atom stereocenters. The van der Waals surface area contributed by atoms with Gasteiger partial charge in [-0.1, -0.05) is 13.3 Å². The Morgan fingerprint density at radius 1 is 1.35 bits per heavy atom. The Morgan fingerprint density at radius 2 is 2.00 bits per heavy atom. The Balaban J connectivity index is 2.99. The average Bonchev–Trinajstić information content (AvgIpc) is 2.19. The molecule has 96 valence electrons. The van der Waals surface area contributed by atoms with Crippen molar-refractivity contribution in [1.82, 2.24) is 0 Å². The summed E-state index contributed by atoms with van der Waals surface area (Å²) in [5.41, 5.74) is 4.62.